The van der Waals surface area contributed by atoms with E-state index in [2.05, 4.69) is 20.8 Å². The molecule has 4 fully saturated rings. The van der Waals surface area contributed by atoms with Crippen molar-refractivity contribution in [1.29, 1.82) is 0 Å². The van der Waals surface area contributed by atoms with E-state index in [1.54, 1.807) is 0 Å². The third kappa shape index (κ3) is 8.44. The van der Waals surface area contributed by atoms with Gasteiger partial charge in [0.15, 0.2) is 0 Å². The average Bonchev–Trinajstić information content (AvgIpc) is 3.33. The van der Waals surface area contributed by atoms with Crippen molar-refractivity contribution in [2.75, 3.05) is 0 Å². The van der Waals surface area contributed by atoms with Crippen LogP contribution in [0, 0.1) is 40.4 Å². The van der Waals surface area contributed by atoms with Gasteiger partial charge in [-0.25, -0.2) is 0 Å². The molecule has 0 aliphatic heterocycles. The van der Waals surface area contributed by atoms with Gasteiger partial charge >= 0.3 is 5.97 Å². The number of fused-ring (bicyclic) bond motifs is 5. The zero-order valence-corrected chi connectivity index (χ0v) is 28.4. The van der Waals surface area contributed by atoms with E-state index in [1.165, 1.54) is 128 Å². The molecule has 0 N–H and O–H groups in total. The molecule has 0 amide bonds. The Balaban J connectivity index is 1.06. The van der Waals surface area contributed by atoms with Gasteiger partial charge in [0.25, 0.3) is 0 Å². The molecule has 3 heteroatoms. The van der Waals surface area contributed by atoms with E-state index < -0.39 is 0 Å². The molecular weight excluding hydrogens is 516 g/mol. The van der Waals surface area contributed by atoms with Crippen LogP contribution in [0.1, 0.15) is 188 Å². The highest BCUT2D eigenvalue weighted by atomic mass is 16.5. The Morgan fingerprint density at radius 3 is 1.79 bits per heavy atom. The molecule has 0 heterocycles. The zero-order chi connectivity index (χ0) is 30.0. The van der Waals surface area contributed by atoms with Gasteiger partial charge in [0.1, 0.15) is 11.9 Å². The van der Waals surface area contributed by atoms with Crippen molar-refractivity contribution in [2.24, 2.45) is 40.4 Å². The molecule has 42 heavy (non-hydrogen) atoms. The Hall–Kier alpha value is -0.860. The molecule has 3 unspecified atom stereocenters. The quantitative estimate of drug-likeness (QED) is 0.119. The molecule has 4 aliphatic carbocycles. The SMILES string of the molecule is CCCCCCCCCCCCCCCCCC(=O)O[C@@H]1CC[C@]2(C)C3CC[C@@]4(C)C(CC[C@@H]4C(C)=O)C3CC[C@H]2C1. The van der Waals surface area contributed by atoms with Gasteiger partial charge in [0.05, 0.1) is 0 Å². The minimum atomic E-state index is 0.0571. The number of unbranched alkanes of at least 4 members (excludes halogenated alkanes) is 14. The smallest absolute Gasteiger partial charge is 0.306 e. The minimum absolute atomic E-state index is 0.0571. The number of Topliss-reactive ketones (excluding diaryl/α,β-unsaturated/α-hetero) is 1. The lowest BCUT2D eigenvalue weighted by molar-refractivity contribution is -0.163. The first kappa shape index (κ1) is 34.0. The van der Waals surface area contributed by atoms with Crippen molar-refractivity contribution >= 4 is 11.8 Å². The highest BCUT2D eigenvalue weighted by Crippen LogP contribution is 2.67. The largest absolute Gasteiger partial charge is 0.462 e. The molecule has 4 aliphatic rings. The Kier molecular flexibility index (Phi) is 13.3. The second-order valence-corrected chi connectivity index (χ2v) is 16.0. The second-order valence-electron chi connectivity index (χ2n) is 16.0. The molecule has 4 rings (SSSR count). The molecule has 0 aromatic heterocycles. The Labute approximate surface area is 260 Å². The Morgan fingerprint density at radius 2 is 1.19 bits per heavy atom. The molecule has 0 radical (unpaired) electrons. The van der Waals surface area contributed by atoms with Gasteiger partial charge in [-0.05, 0) is 106 Å². The van der Waals surface area contributed by atoms with Gasteiger partial charge in [-0.1, -0.05) is 111 Å². The van der Waals surface area contributed by atoms with E-state index in [4.69, 9.17) is 4.74 Å². The van der Waals surface area contributed by atoms with Gasteiger partial charge < -0.3 is 4.74 Å². The molecule has 242 valence electrons. The lowest BCUT2D eigenvalue weighted by Gasteiger charge is -2.61. The van der Waals surface area contributed by atoms with Crippen molar-refractivity contribution in [1.82, 2.24) is 0 Å². The predicted octanol–water partition coefficient (Wildman–Crippen LogP) is 11.4. The van der Waals surface area contributed by atoms with Gasteiger partial charge in [0.2, 0.25) is 0 Å². The molecule has 4 saturated carbocycles. The first-order valence-corrected chi connectivity index (χ1v) is 19.0. The van der Waals surface area contributed by atoms with E-state index in [9.17, 15) is 9.59 Å². The summed E-state index contributed by atoms with van der Waals surface area (Å²) in [4.78, 5) is 25.2. The van der Waals surface area contributed by atoms with Gasteiger partial charge in [0, 0.05) is 12.3 Å². The lowest BCUT2D eigenvalue weighted by Crippen LogP contribution is -2.54. The summed E-state index contributed by atoms with van der Waals surface area (Å²) in [7, 11) is 0. The number of carbonyl (C=O) groups excluding carboxylic acids is 2. The fourth-order valence-corrected chi connectivity index (χ4v) is 10.9. The maximum atomic E-state index is 12.7. The van der Waals surface area contributed by atoms with Crippen LogP contribution in [0.4, 0.5) is 0 Å². The fourth-order valence-electron chi connectivity index (χ4n) is 10.9. The van der Waals surface area contributed by atoms with Gasteiger partial charge in [-0.15, -0.1) is 0 Å². The lowest BCUT2D eigenvalue weighted by atomic mass is 9.44. The van der Waals surface area contributed by atoms with Crippen LogP contribution in [-0.2, 0) is 14.3 Å². The Bertz CT molecular complexity index is 835. The first-order valence-electron chi connectivity index (χ1n) is 19.0. The fraction of sp³-hybridized carbons (Fsp3) is 0.949. The summed E-state index contributed by atoms with van der Waals surface area (Å²) in [6.45, 7) is 9.17. The number of esters is 1. The predicted molar refractivity (Wildman–Crippen MR) is 175 cm³/mol. The van der Waals surface area contributed by atoms with E-state index in [0.717, 1.165) is 43.4 Å². The van der Waals surface area contributed by atoms with Crippen LogP contribution in [0.2, 0.25) is 0 Å². The standard InChI is InChI=1S/C39H68O3/c1-5-6-7-8-9-10-11-12-13-14-15-16-17-18-19-20-37(41)42-32-25-27-38(3)31(29-32)21-22-33-35-24-23-34(30(2)40)39(35,4)28-26-36(33)38/h31-36H,5-29H2,1-4H3/t31-,32+,33?,34+,35?,36?,38-,39+/m0/s1. The van der Waals surface area contributed by atoms with Crippen LogP contribution in [0.3, 0.4) is 0 Å². The van der Waals surface area contributed by atoms with Crippen LogP contribution in [0.25, 0.3) is 0 Å². The average molecular weight is 585 g/mol. The third-order valence-electron chi connectivity index (χ3n) is 13.4. The molecule has 0 aromatic rings. The van der Waals surface area contributed by atoms with Crippen LogP contribution in [0.5, 0.6) is 0 Å². The number of hydrogen-bond acceptors (Lipinski definition) is 3. The maximum Gasteiger partial charge on any atom is 0.306 e. The summed E-state index contributed by atoms with van der Waals surface area (Å²) in [6, 6.07) is 0. The minimum Gasteiger partial charge on any atom is -0.462 e. The maximum absolute atomic E-state index is 12.7. The summed E-state index contributed by atoms with van der Waals surface area (Å²) in [5.41, 5.74) is 0.644. The van der Waals surface area contributed by atoms with Crippen molar-refractivity contribution < 1.29 is 14.3 Å². The summed E-state index contributed by atoms with van der Waals surface area (Å²) < 4.78 is 6.09. The van der Waals surface area contributed by atoms with E-state index in [0.29, 0.717) is 29.5 Å². The highest BCUT2D eigenvalue weighted by Gasteiger charge is 2.60. The van der Waals surface area contributed by atoms with Gasteiger partial charge in [-0.2, -0.15) is 0 Å². The summed E-state index contributed by atoms with van der Waals surface area (Å²) in [5, 5.41) is 0. The van der Waals surface area contributed by atoms with Crippen molar-refractivity contribution in [3.63, 3.8) is 0 Å². The van der Waals surface area contributed by atoms with Crippen LogP contribution in [0.15, 0.2) is 0 Å². The zero-order valence-electron chi connectivity index (χ0n) is 28.4. The summed E-state index contributed by atoms with van der Waals surface area (Å²) in [6.07, 6.45) is 31.9. The molecule has 0 aromatic carbocycles. The number of ether oxygens (including phenoxy) is 1. The number of rotatable bonds is 18. The topological polar surface area (TPSA) is 43.4 Å². The monoisotopic (exact) mass is 585 g/mol. The summed E-state index contributed by atoms with van der Waals surface area (Å²) in [5.74, 6) is 3.84. The first-order chi connectivity index (χ1) is 20.3. The molecule has 0 bridgehead atoms. The number of carbonyl (C=O) groups is 2. The van der Waals surface area contributed by atoms with Crippen molar-refractivity contribution in [3.05, 3.63) is 0 Å². The van der Waals surface area contributed by atoms with Gasteiger partial charge in [-0.3, -0.25) is 9.59 Å². The molecular formula is C39H68O3. The van der Waals surface area contributed by atoms with E-state index >= 15 is 0 Å². The molecule has 0 spiro atoms. The van der Waals surface area contributed by atoms with Crippen molar-refractivity contribution in [2.45, 2.75) is 194 Å². The van der Waals surface area contributed by atoms with Crippen LogP contribution in [-0.4, -0.2) is 17.9 Å². The van der Waals surface area contributed by atoms with Crippen molar-refractivity contribution in [3.8, 4) is 0 Å². The van der Waals surface area contributed by atoms with E-state index in [-0.39, 0.29) is 17.5 Å². The Morgan fingerprint density at radius 1 is 0.643 bits per heavy atom. The van der Waals surface area contributed by atoms with Crippen LogP contribution < -0.4 is 0 Å². The van der Waals surface area contributed by atoms with E-state index in [1.807, 2.05) is 6.92 Å². The second kappa shape index (κ2) is 16.5. The normalized spacial score (nSPS) is 35.7. The summed E-state index contributed by atoms with van der Waals surface area (Å²) >= 11 is 0. The molecule has 3 nitrogen and oxygen atoms in total. The number of ketones is 1. The van der Waals surface area contributed by atoms with Crippen LogP contribution >= 0.6 is 0 Å². The number of hydrogen-bond donors (Lipinski definition) is 0. The third-order valence-corrected chi connectivity index (χ3v) is 13.4. The molecule has 0 saturated heterocycles. The highest BCUT2D eigenvalue weighted by molar-refractivity contribution is 5.79. The molecule has 8 atom stereocenters.